The maximum atomic E-state index is 8.02. The molecule has 0 bridgehead atoms. The van der Waals surface area contributed by atoms with Gasteiger partial charge in [-0.15, -0.1) is 23.2 Å². The first kappa shape index (κ1) is 5.76. The summed E-state index contributed by atoms with van der Waals surface area (Å²) >= 11 is 10.1. The summed E-state index contributed by atoms with van der Waals surface area (Å²) in [5.41, 5.74) is 0. The first-order valence-electron chi connectivity index (χ1n) is 1.16. The average molecular weight is 131 g/mol. The molecule has 1 N–H and O–H groups in total. The molecule has 0 fully saturated rings. The molecule has 4 heteroatoms. The molecule has 0 aliphatic heterocycles. The van der Waals surface area contributed by atoms with Gasteiger partial charge < -0.3 is 4.80 Å². The highest BCUT2D eigenvalue weighted by Gasteiger charge is 1.90. The van der Waals surface area contributed by atoms with Crippen LogP contribution in [0.15, 0.2) is 0 Å². The number of hydrogen-bond acceptors (Lipinski definition) is 1. The van der Waals surface area contributed by atoms with E-state index in [1.807, 2.05) is 0 Å². The van der Waals surface area contributed by atoms with Gasteiger partial charge in [0, 0.05) is 0 Å². The monoisotopic (exact) mass is 130 g/mol. The summed E-state index contributed by atoms with van der Waals surface area (Å²) in [5, 5.41) is 0. The standard InChI is InChI=1S/CH4Cl2OSi/c2-1(3)5-4/h1,4H,5H2. The van der Waals surface area contributed by atoms with Crippen LogP contribution in [0.25, 0.3) is 0 Å². The van der Waals surface area contributed by atoms with Crippen LogP contribution in [0.4, 0.5) is 0 Å². The minimum atomic E-state index is -1.12. The van der Waals surface area contributed by atoms with Crippen LogP contribution >= 0.6 is 23.2 Å². The molecule has 0 spiro atoms. The molecule has 0 saturated heterocycles. The van der Waals surface area contributed by atoms with Gasteiger partial charge in [0.1, 0.15) is 4.46 Å². The van der Waals surface area contributed by atoms with E-state index >= 15 is 0 Å². The smallest absolute Gasteiger partial charge is 0.190 e. The van der Waals surface area contributed by atoms with Crippen molar-refractivity contribution in [1.82, 2.24) is 0 Å². The van der Waals surface area contributed by atoms with Crippen molar-refractivity contribution < 1.29 is 4.80 Å². The lowest BCUT2D eigenvalue weighted by Crippen LogP contribution is -1.97. The molecule has 0 aromatic heterocycles. The Labute approximate surface area is 42.8 Å². The van der Waals surface area contributed by atoms with Crippen LogP contribution in [0, 0.1) is 0 Å². The second kappa shape index (κ2) is 2.97. The second-order valence-corrected chi connectivity index (χ2v) is 4.07. The van der Waals surface area contributed by atoms with E-state index in [2.05, 4.69) is 0 Å². The molecule has 0 atom stereocenters. The van der Waals surface area contributed by atoms with Crippen LogP contribution in [-0.2, 0) is 0 Å². The van der Waals surface area contributed by atoms with E-state index in [-0.39, 0.29) is 0 Å². The third kappa shape index (κ3) is 4.76. The predicted molar refractivity (Wildman–Crippen MR) is 26.3 cm³/mol. The van der Waals surface area contributed by atoms with E-state index in [0.717, 1.165) is 0 Å². The minimum Gasteiger partial charge on any atom is -0.435 e. The molecule has 5 heavy (non-hydrogen) atoms. The van der Waals surface area contributed by atoms with E-state index in [0.29, 0.717) is 0 Å². The number of alkyl halides is 2. The van der Waals surface area contributed by atoms with Gasteiger partial charge in [0.2, 0.25) is 0 Å². The van der Waals surface area contributed by atoms with E-state index in [1.165, 1.54) is 0 Å². The van der Waals surface area contributed by atoms with E-state index in [4.69, 9.17) is 28.0 Å². The molecule has 0 aromatic rings. The maximum absolute atomic E-state index is 8.02. The van der Waals surface area contributed by atoms with Crippen LogP contribution in [-0.4, -0.2) is 19.0 Å². The summed E-state index contributed by atoms with van der Waals surface area (Å²) in [7, 11) is -1.12. The summed E-state index contributed by atoms with van der Waals surface area (Å²) in [6.07, 6.45) is 0. The van der Waals surface area contributed by atoms with Crippen molar-refractivity contribution in [2.24, 2.45) is 0 Å². The average Bonchev–Trinajstić information content (AvgIpc) is 1.38. The van der Waals surface area contributed by atoms with Crippen molar-refractivity contribution in [3.8, 4) is 0 Å². The number of rotatable bonds is 1. The highest BCUT2D eigenvalue weighted by Crippen LogP contribution is 1.94. The van der Waals surface area contributed by atoms with Crippen molar-refractivity contribution in [1.29, 1.82) is 0 Å². The lowest BCUT2D eigenvalue weighted by atomic mass is 11.9. The molecule has 0 aromatic carbocycles. The third-order valence-electron chi connectivity index (χ3n) is 0.138. The Kier molecular flexibility index (Phi) is 3.42. The first-order chi connectivity index (χ1) is 2.27. The lowest BCUT2D eigenvalue weighted by molar-refractivity contribution is 0.605. The minimum absolute atomic E-state index is 0.477. The van der Waals surface area contributed by atoms with Gasteiger partial charge >= 0.3 is 0 Å². The Morgan fingerprint density at radius 3 is 1.80 bits per heavy atom. The van der Waals surface area contributed by atoms with Crippen molar-refractivity contribution >= 4 is 33.0 Å². The summed E-state index contributed by atoms with van der Waals surface area (Å²) in [6, 6.07) is 0. The molecular formula is CH4Cl2OSi. The summed E-state index contributed by atoms with van der Waals surface area (Å²) in [4.78, 5) is 8.02. The Hall–Kier alpha value is 0.757. The molecular weight excluding hydrogens is 127 g/mol. The molecule has 0 unspecified atom stereocenters. The quantitative estimate of drug-likeness (QED) is 0.386. The summed E-state index contributed by atoms with van der Waals surface area (Å²) < 4.78 is -0.477. The Bertz CT molecular complexity index is 23.6. The van der Waals surface area contributed by atoms with Gasteiger partial charge in [-0.2, -0.15) is 0 Å². The van der Waals surface area contributed by atoms with Gasteiger partial charge in [0.15, 0.2) is 9.76 Å². The van der Waals surface area contributed by atoms with Crippen LogP contribution in [0.5, 0.6) is 0 Å². The largest absolute Gasteiger partial charge is 0.435 e. The summed E-state index contributed by atoms with van der Waals surface area (Å²) in [5.74, 6) is 0. The van der Waals surface area contributed by atoms with Gasteiger partial charge in [0.25, 0.3) is 0 Å². The van der Waals surface area contributed by atoms with Gasteiger partial charge in [-0.25, -0.2) is 0 Å². The summed E-state index contributed by atoms with van der Waals surface area (Å²) in [6.45, 7) is 0. The molecule has 0 rings (SSSR count). The molecule has 0 aliphatic rings. The predicted octanol–water partition coefficient (Wildman–Crippen LogP) is -0.176. The van der Waals surface area contributed by atoms with Gasteiger partial charge in [-0.05, 0) is 0 Å². The topological polar surface area (TPSA) is 20.2 Å². The van der Waals surface area contributed by atoms with E-state index in [1.54, 1.807) is 0 Å². The van der Waals surface area contributed by atoms with Crippen LogP contribution in [0.1, 0.15) is 0 Å². The normalized spacial score (nSPS) is 12.0. The van der Waals surface area contributed by atoms with E-state index < -0.39 is 14.2 Å². The number of halogens is 2. The lowest BCUT2D eigenvalue weighted by Gasteiger charge is -1.82. The SMILES string of the molecule is O[SiH2]C(Cl)Cl. The van der Waals surface area contributed by atoms with Crippen LogP contribution < -0.4 is 0 Å². The zero-order valence-electron chi connectivity index (χ0n) is 2.49. The van der Waals surface area contributed by atoms with Crippen molar-refractivity contribution in [2.45, 2.75) is 4.46 Å². The molecule has 0 saturated carbocycles. The van der Waals surface area contributed by atoms with Crippen LogP contribution in [0.3, 0.4) is 0 Å². The van der Waals surface area contributed by atoms with E-state index in [9.17, 15) is 0 Å². The zero-order chi connectivity index (χ0) is 4.28. The fourth-order valence-corrected chi connectivity index (χ4v) is 0. The molecule has 0 heterocycles. The molecule has 0 aliphatic carbocycles. The fourth-order valence-electron chi connectivity index (χ4n) is 0. The van der Waals surface area contributed by atoms with Gasteiger partial charge in [0.05, 0.1) is 0 Å². The van der Waals surface area contributed by atoms with Crippen molar-refractivity contribution in [2.75, 3.05) is 0 Å². The highest BCUT2D eigenvalue weighted by molar-refractivity contribution is 6.65. The molecule has 0 radical (unpaired) electrons. The van der Waals surface area contributed by atoms with Gasteiger partial charge in [-0.3, -0.25) is 0 Å². The Morgan fingerprint density at radius 1 is 1.60 bits per heavy atom. The molecule has 0 amide bonds. The third-order valence-corrected chi connectivity index (χ3v) is 1.24. The maximum Gasteiger partial charge on any atom is 0.190 e. The molecule has 1 nitrogen and oxygen atoms in total. The van der Waals surface area contributed by atoms with Crippen molar-refractivity contribution in [3.05, 3.63) is 0 Å². The molecule has 32 valence electrons. The van der Waals surface area contributed by atoms with Crippen LogP contribution in [0.2, 0.25) is 0 Å². The zero-order valence-corrected chi connectivity index (χ0v) is 5.41. The highest BCUT2D eigenvalue weighted by atomic mass is 35.5. The van der Waals surface area contributed by atoms with Crippen molar-refractivity contribution in [3.63, 3.8) is 0 Å². The Balaban J connectivity index is 2.54. The van der Waals surface area contributed by atoms with Gasteiger partial charge in [-0.1, -0.05) is 0 Å². The first-order valence-corrected chi connectivity index (χ1v) is 3.48. The Morgan fingerprint density at radius 2 is 1.80 bits per heavy atom. The second-order valence-electron chi connectivity index (χ2n) is 0.574. The number of hydrogen-bond donors (Lipinski definition) is 1. The fraction of sp³-hybridized carbons (Fsp3) is 1.00.